The predicted octanol–water partition coefficient (Wildman–Crippen LogP) is 10.9. The number of ketones is 1. The minimum atomic E-state index is -0.770. The fraction of sp³-hybridized carbons (Fsp3) is 0.406. The lowest BCUT2D eigenvalue weighted by atomic mass is 9.47. The molecule has 7 N–H and O–H groups in total. The number of phenolic OH excluding ortho intramolecular Hbond substituents is 3. The molecule has 0 amide bonds. The number of nitrogens with one attached hydrogen (secondary N) is 2. The number of aliphatic hydroxyl groups excluding tert-OH is 2. The number of methoxy groups -OCH3 is 1. The third-order valence-corrected chi connectivity index (χ3v) is 18.2. The number of hydrogen-bond donors (Lipinski definition) is 7. The molecule has 7 aromatic rings. The molecule has 5 aliphatic rings. The maximum absolute atomic E-state index is 15.3. The van der Waals surface area contributed by atoms with E-state index >= 15 is 4.79 Å². The lowest BCUT2D eigenvalue weighted by molar-refractivity contribution is -0.149. The van der Waals surface area contributed by atoms with Crippen molar-refractivity contribution in [1.29, 1.82) is 0 Å². The van der Waals surface area contributed by atoms with E-state index < -0.39 is 18.2 Å². The van der Waals surface area contributed by atoms with E-state index in [-0.39, 0.29) is 96.3 Å². The molecule has 0 saturated heterocycles. The number of H-pyrrole nitrogens is 2. The van der Waals surface area contributed by atoms with Crippen molar-refractivity contribution in [2.24, 2.45) is 35.0 Å². The van der Waals surface area contributed by atoms with Crippen LogP contribution in [-0.2, 0) is 33.7 Å². The van der Waals surface area contributed by atoms with E-state index in [0.29, 0.717) is 43.8 Å². The Hall–Kier alpha value is -7.40. The molecule has 13 nitrogen and oxygen atoms in total. The van der Waals surface area contributed by atoms with Gasteiger partial charge in [-0.05, 0) is 176 Å². The highest BCUT2D eigenvalue weighted by Gasteiger charge is 2.58. The second-order valence-electron chi connectivity index (χ2n) is 22.6. The largest absolute Gasteiger partial charge is 0.508 e. The van der Waals surface area contributed by atoms with Crippen molar-refractivity contribution in [3.05, 3.63) is 131 Å². The zero-order chi connectivity index (χ0) is 53.0. The van der Waals surface area contributed by atoms with Gasteiger partial charge in [0.25, 0.3) is 0 Å². The van der Waals surface area contributed by atoms with Crippen LogP contribution in [0.2, 0.25) is 0 Å². The molecule has 4 aromatic carbocycles. The number of aliphatic hydroxyl groups is 2. The van der Waals surface area contributed by atoms with E-state index in [0.717, 1.165) is 105 Å². The molecular formula is C64H67N3O10. The number of nitrogens with zero attached hydrogens (tertiary/aromatic N) is 1. The van der Waals surface area contributed by atoms with Crippen LogP contribution in [0.25, 0.3) is 38.8 Å². The van der Waals surface area contributed by atoms with Gasteiger partial charge in [0.15, 0.2) is 23.0 Å². The number of aromatic nitrogens is 3. The fourth-order valence-corrected chi connectivity index (χ4v) is 15.0. The predicted molar refractivity (Wildman–Crippen MR) is 294 cm³/mol. The number of para-hydroxylation sites is 1. The Balaban J connectivity index is 0.968. The molecule has 3 aromatic heterocycles. The zero-order valence-corrected chi connectivity index (χ0v) is 43.5. The lowest BCUT2D eigenvalue weighted by Crippen LogP contribution is -2.51. The molecule has 3 saturated carbocycles. The minimum absolute atomic E-state index is 0.00389. The Bertz CT molecular complexity index is 3480. The van der Waals surface area contributed by atoms with Gasteiger partial charge in [0.1, 0.15) is 30.7 Å². The Morgan fingerprint density at radius 3 is 2.60 bits per heavy atom. The Morgan fingerprint density at radius 2 is 1.74 bits per heavy atom. The van der Waals surface area contributed by atoms with Gasteiger partial charge in [-0.2, -0.15) is 0 Å². The number of aromatic amines is 2. The summed E-state index contributed by atoms with van der Waals surface area (Å²) in [7, 11) is 1.56. The van der Waals surface area contributed by atoms with Gasteiger partial charge in [0, 0.05) is 54.0 Å². The first-order valence-corrected chi connectivity index (χ1v) is 27.6. The lowest BCUT2D eigenvalue weighted by Gasteiger charge is -2.57. The van der Waals surface area contributed by atoms with Crippen LogP contribution in [0.5, 0.6) is 28.7 Å². The number of rotatable bonds is 10. The van der Waals surface area contributed by atoms with Crippen LogP contribution < -0.4 is 9.47 Å². The summed E-state index contributed by atoms with van der Waals surface area (Å²) < 4.78 is 20.1. The molecule has 13 heteroatoms. The highest BCUT2D eigenvalue weighted by atomic mass is 16.5. The number of ether oxygens (including phenoxy) is 3. The van der Waals surface area contributed by atoms with E-state index in [4.69, 9.17) is 14.2 Å². The summed E-state index contributed by atoms with van der Waals surface area (Å²) in [6, 6.07) is 28.8. The number of carbonyl (C=O) groups is 2. The molecular weight excluding hydrogens is 971 g/mol. The molecule has 2 bridgehead atoms. The van der Waals surface area contributed by atoms with E-state index in [1.54, 1.807) is 25.3 Å². The summed E-state index contributed by atoms with van der Waals surface area (Å²) in [6.07, 6.45) is 10.4. The SMILES string of the molecule is COc1cc2c(cc1O)C1=C[C@H]3C[C@]4(CC[C@H](Cn5c(-c6cccc(O)c6)cc6[nH]ccc65)C4)[C@@H]4C[C@H](O)CC[C@@H]4[C@@H]3[C@@H]2CC(=O)C[C@@H](CCc2ccc(O)c(OCCO)c2)OC(=O)CC#CCc2c1[nH]c1ccccc21. The van der Waals surface area contributed by atoms with E-state index in [2.05, 4.69) is 62.8 Å². The van der Waals surface area contributed by atoms with E-state index in [1.807, 2.05) is 42.6 Å². The normalized spacial score (nSPS) is 26.2. The number of hydrogen-bond acceptors (Lipinski definition) is 10. The average molecular weight is 1040 g/mol. The first-order valence-electron chi connectivity index (χ1n) is 27.6. The van der Waals surface area contributed by atoms with Crippen LogP contribution in [0.3, 0.4) is 0 Å². The van der Waals surface area contributed by atoms with E-state index in [1.165, 1.54) is 6.07 Å². The smallest absolute Gasteiger partial charge is 0.318 e. The number of aromatic hydroxyl groups is 3. The first-order chi connectivity index (χ1) is 37.4. The molecule has 0 unspecified atom stereocenters. The average Bonchev–Trinajstić information content (AvgIpc) is 4.39. The molecule has 4 heterocycles. The van der Waals surface area contributed by atoms with E-state index in [9.17, 15) is 30.3 Å². The van der Waals surface area contributed by atoms with Crippen molar-refractivity contribution in [2.75, 3.05) is 20.3 Å². The van der Waals surface area contributed by atoms with Crippen LogP contribution in [0.1, 0.15) is 104 Å². The van der Waals surface area contributed by atoms with Gasteiger partial charge in [-0.25, -0.2) is 0 Å². The first kappa shape index (κ1) is 50.4. The van der Waals surface area contributed by atoms with Gasteiger partial charge < -0.3 is 54.3 Å². The van der Waals surface area contributed by atoms with Gasteiger partial charge in [0.05, 0.1) is 42.2 Å². The molecule has 1 aliphatic heterocycles. The van der Waals surface area contributed by atoms with Crippen molar-refractivity contribution in [3.63, 3.8) is 0 Å². The number of esters is 1. The number of aryl methyl sites for hydroxylation is 1. The highest BCUT2D eigenvalue weighted by Crippen LogP contribution is 2.67. The number of fused-ring (bicyclic) bond motifs is 10. The van der Waals surface area contributed by atoms with Crippen molar-refractivity contribution >= 4 is 39.3 Å². The molecule has 3 fully saturated rings. The molecule has 398 valence electrons. The number of carbonyl (C=O) groups excluding carboxylic acids is 2. The van der Waals surface area contributed by atoms with Gasteiger partial charge in [0.2, 0.25) is 0 Å². The summed E-state index contributed by atoms with van der Waals surface area (Å²) in [5.74, 6) is 6.95. The van der Waals surface area contributed by atoms with Gasteiger partial charge >= 0.3 is 5.97 Å². The summed E-state index contributed by atoms with van der Waals surface area (Å²) in [5.41, 5.74) is 10.4. The monoisotopic (exact) mass is 1040 g/mol. The minimum Gasteiger partial charge on any atom is -0.508 e. The zero-order valence-electron chi connectivity index (χ0n) is 43.5. The maximum atomic E-state index is 15.3. The van der Waals surface area contributed by atoms with Crippen LogP contribution in [0.4, 0.5) is 0 Å². The molecule has 9 atom stereocenters. The maximum Gasteiger partial charge on any atom is 0.318 e. The van der Waals surface area contributed by atoms with Crippen molar-refractivity contribution in [2.45, 2.75) is 108 Å². The quantitative estimate of drug-likeness (QED) is 0.0511. The second-order valence-corrected chi connectivity index (χ2v) is 22.6. The summed E-state index contributed by atoms with van der Waals surface area (Å²) in [5, 5.41) is 55.0. The Kier molecular flexibility index (Phi) is 13.7. The molecule has 77 heavy (non-hydrogen) atoms. The fourth-order valence-electron chi connectivity index (χ4n) is 15.0. The molecule has 1 spiro atoms. The number of benzene rings is 4. The highest BCUT2D eigenvalue weighted by molar-refractivity contribution is 5.94. The third-order valence-electron chi connectivity index (χ3n) is 18.2. The second kappa shape index (κ2) is 20.9. The summed E-state index contributed by atoms with van der Waals surface area (Å²) >= 11 is 0. The standard InChI is InChI=1S/C64H67N3O10/c1-75-59-32-49-48(31-58(59)73)51-27-40-35-64(21-19-38(34-64)36-67-55-20-22-65-54(55)33-56(67)39-7-6-8-41(69)26-39)52-30-42(70)15-17-47(52)62(40)50(49)29-43(71)28-44(16-13-37-14-18-57(72)60(25-37)76-24-23-68)77-61(74)12-5-3-10-46-45-9-2-4-11-53(45)66-63(46)51/h2,4,6-9,11,14,18,20,22,25-27,31-33,38,40,42,44,47,50,52,62,65-66,68-70,72-73H,10,12-13,15-17,19,21,23-24,28-30,34-36H2,1H3/t38-,40-,42+,44+,47-,50+,52+,62+,64+/m0/s1. The summed E-state index contributed by atoms with van der Waals surface area (Å²) in [4.78, 5) is 36.2. The Morgan fingerprint density at radius 1 is 0.870 bits per heavy atom. The number of phenols is 3. The van der Waals surface area contributed by atoms with Crippen LogP contribution in [0, 0.1) is 46.8 Å². The van der Waals surface area contributed by atoms with Crippen LogP contribution in [0.15, 0.2) is 103 Å². The molecule has 4 aliphatic carbocycles. The number of cyclic esters (lactones) is 1. The van der Waals surface area contributed by atoms with Crippen LogP contribution >= 0.6 is 0 Å². The third kappa shape index (κ3) is 9.65. The van der Waals surface area contributed by atoms with Gasteiger partial charge in [-0.1, -0.05) is 54.3 Å². The van der Waals surface area contributed by atoms with Crippen molar-refractivity contribution in [3.8, 4) is 51.8 Å². The molecule has 0 radical (unpaired) electrons. The molecule has 12 rings (SSSR count). The Labute approximate surface area is 447 Å². The van der Waals surface area contributed by atoms with Crippen molar-refractivity contribution in [1.82, 2.24) is 14.5 Å². The van der Waals surface area contributed by atoms with Gasteiger partial charge in [-0.3, -0.25) is 9.59 Å². The van der Waals surface area contributed by atoms with Crippen molar-refractivity contribution < 1.29 is 49.3 Å². The van der Waals surface area contributed by atoms with Crippen LogP contribution in [-0.4, -0.2) is 84.4 Å². The number of allylic oxidation sites excluding steroid dienone is 1. The topological polar surface area (TPSA) is 199 Å². The number of Topliss-reactive ketones (excluding diaryl/α,β-unsaturated/α-hetero) is 1. The summed E-state index contributed by atoms with van der Waals surface area (Å²) in [6.45, 7) is 0.610. The van der Waals surface area contributed by atoms with Gasteiger partial charge in [-0.15, -0.1) is 0 Å².